The van der Waals surface area contributed by atoms with Crippen molar-refractivity contribution >= 4 is 10.9 Å². The van der Waals surface area contributed by atoms with Crippen molar-refractivity contribution < 1.29 is 5.11 Å². The fourth-order valence-electron chi connectivity index (χ4n) is 1.63. The number of aliphatic hydroxyl groups is 1. The van der Waals surface area contributed by atoms with E-state index < -0.39 is 0 Å². The number of fused-ring (bicyclic) bond motifs is 1. The van der Waals surface area contributed by atoms with Gasteiger partial charge < -0.3 is 15.8 Å². The topological polar surface area (TPSA) is 62.0 Å². The second kappa shape index (κ2) is 3.20. The molecule has 13 heavy (non-hydrogen) atoms. The molecular formula is C10H12N2O. The third-order valence-corrected chi connectivity index (χ3v) is 2.26. The average molecular weight is 176 g/mol. The van der Waals surface area contributed by atoms with Crippen LogP contribution in [0.15, 0.2) is 24.4 Å². The van der Waals surface area contributed by atoms with Crippen LogP contribution in [0.3, 0.4) is 0 Å². The van der Waals surface area contributed by atoms with Crippen molar-refractivity contribution in [3.8, 4) is 0 Å². The summed E-state index contributed by atoms with van der Waals surface area (Å²) in [6.45, 7) is 0.555. The number of hydrogen-bond donors (Lipinski definition) is 3. The first-order valence-corrected chi connectivity index (χ1v) is 4.25. The van der Waals surface area contributed by atoms with Crippen LogP contribution in [0.25, 0.3) is 10.9 Å². The molecule has 0 aliphatic carbocycles. The number of nitrogens with one attached hydrogen (secondary N) is 1. The van der Waals surface area contributed by atoms with Gasteiger partial charge in [-0.15, -0.1) is 0 Å². The lowest BCUT2D eigenvalue weighted by Gasteiger charge is -2.00. The summed E-state index contributed by atoms with van der Waals surface area (Å²) in [7, 11) is 0. The predicted molar refractivity (Wildman–Crippen MR) is 52.1 cm³/mol. The zero-order valence-electron chi connectivity index (χ0n) is 7.25. The van der Waals surface area contributed by atoms with Crippen LogP contribution in [-0.4, -0.2) is 10.1 Å². The van der Waals surface area contributed by atoms with Crippen molar-refractivity contribution in [3.05, 3.63) is 35.5 Å². The normalized spacial score (nSPS) is 10.9. The van der Waals surface area contributed by atoms with Gasteiger partial charge in [0.15, 0.2) is 0 Å². The molecule has 0 atom stereocenters. The Morgan fingerprint density at radius 2 is 2.15 bits per heavy atom. The SMILES string of the molecule is NCc1cccc2[nH]cc(CO)c12. The van der Waals surface area contributed by atoms with Gasteiger partial charge in [0.1, 0.15) is 0 Å². The zero-order chi connectivity index (χ0) is 9.26. The largest absolute Gasteiger partial charge is 0.392 e. The summed E-state index contributed by atoms with van der Waals surface area (Å²) in [5, 5.41) is 10.1. The summed E-state index contributed by atoms with van der Waals surface area (Å²) < 4.78 is 0. The molecule has 0 aliphatic rings. The number of nitrogens with two attached hydrogens (primary N) is 1. The van der Waals surface area contributed by atoms with E-state index in [2.05, 4.69) is 4.98 Å². The first-order chi connectivity index (χ1) is 6.36. The van der Waals surface area contributed by atoms with Gasteiger partial charge >= 0.3 is 0 Å². The van der Waals surface area contributed by atoms with E-state index in [1.165, 1.54) is 0 Å². The minimum absolute atomic E-state index is 0.0526. The Balaban J connectivity index is 2.76. The maximum absolute atomic E-state index is 9.08. The minimum atomic E-state index is 0.0526. The van der Waals surface area contributed by atoms with Crippen LogP contribution in [-0.2, 0) is 13.2 Å². The lowest BCUT2D eigenvalue weighted by molar-refractivity contribution is 0.283. The first kappa shape index (κ1) is 8.29. The van der Waals surface area contributed by atoms with E-state index in [0.717, 1.165) is 22.0 Å². The molecule has 0 aliphatic heterocycles. The molecule has 4 N–H and O–H groups in total. The molecular weight excluding hydrogens is 164 g/mol. The van der Waals surface area contributed by atoms with Crippen molar-refractivity contribution in [1.29, 1.82) is 0 Å². The van der Waals surface area contributed by atoms with Crippen LogP contribution >= 0.6 is 0 Å². The van der Waals surface area contributed by atoms with E-state index >= 15 is 0 Å². The summed E-state index contributed by atoms with van der Waals surface area (Å²) in [5.41, 5.74) is 8.62. The Morgan fingerprint density at radius 3 is 2.85 bits per heavy atom. The highest BCUT2D eigenvalue weighted by Gasteiger charge is 2.05. The van der Waals surface area contributed by atoms with E-state index in [9.17, 15) is 0 Å². The van der Waals surface area contributed by atoms with Crippen LogP contribution in [0.1, 0.15) is 11.1 Å². The number of aliphatic hydroxyl groups excluding tert-OH is 1. The molecule has 2 rings (SSSR count). The van der Waals surface area contributed by atoms with E-state index in [-0.39, 0.29) is 6.61 Å². The number of aromatic amines is 1. The Kier molecular flexibility index (Phi) is 2.04. The Bertz CT molecular complexity index is 420. The number of H-pyrrole nitrogens is 1. The van der Waals surface area contributed by atoms with Crippen molar-refractivity contribution in [3.63, 3.8) is 0 Å². The van der Waals surface area contributed by atoms with Crippen LogP contribution in [0.2, 0.25) is 0 Å². The highest BCUT2D eigenvalue weighted by atomic mass is 16.3. The summed E-state index contributed by atoms with van der Waals surface area (Å²) in [4.78, 5) is 3.10. The molecule has 0 spiro atoms. The Hall–Kier alpha value is -1.32. The molecule has 0 amide bonds. The molecule has 0 saturated heterocycles. The quantitative estimate of drug-likeness (QED) is 0.642. The summed E-state index contributed by atoms with van der Waals surface area (Å²) in [5.74, 6) is 0. The van der Waals surface area contributed by atoms with Gasteiger partial charge in [-0.2, -0.15) is 0 Å². The van der Waals surface area contributed by atoms with Gasteiger partial charge in [0, 0.05) is 29.2 Å². The summed E-state index contributed by atoms with van der Waals surface area (Å²) >= 11 is 0. The Labute approximate surface area is 76.2 Å². The van der Waals surface area contributed by atoms with Gasteiger partial charge in [-0.25, -0.2) is 0 Å². The molecule has 68 valence electrons. The van der Waals surface area contributed by atoms with E-state index in [1.54, 1.807) is 0 Å². The minimum Gasteiger partial charge on any atom is -0.392 e. The van der Waals surface area contributed by atoms with Crippen molar-refractivity contribution in [1.82, 2.24) is 4.98 Å². The highest BCUT2D eigenvalue weighted by molar-refractivity contribution is 5.86. The van der Waals surface area contributed by atoms with Gasteiger partial charge in [-0.05, 0) is 11.6 Å². The lowest BCUT2D eigenvalue weighted by Crippen LogP contribution is -1.97. The second-order valence-corrected chi connectivity index (χ2v) is 3.02. The monoisotopic (exact) mass is 176 g/mol. The zero-order valence-corrected chi connectivity index (χ0v) is 7.25. The maximum Gasteiger partial charge on any atom is 0.0702 e. The van der Waals surface area contributed by atoms with Gasteiger partial charge in [0.25, 0.3) is 0 Å². The van der Waals surface area contributed by atoms with Gasteiger partial charge in [-0.3, -0.25) is 0 Å². The van der Waals surface area contributed by atoms with Gasteiger partial charge in [0.05, 0.1) is 6.61 Å². The van der Waals surface area contributed by atoms with Gasteiger partial charge in [0.2, 0.25) is 0 Å². The van der Waals surface area contributed by atoms with Crippen LogP contribution < -0.4 is 5.73 Å². The smallest absolute Gasteiger partial charge is 0.0702 e. The predicted octanol–water partition coefficient (Wildman–Crippen LogP) is 1.12. The molecule has 0 radical (unpaired) electrons. The van der Waals surface area contributed by atoms with E-state index in [0.29, 0.717) is 6.54 Å². The fraction of sp³-hybridized carbons (Fsp3) is 0.200. The number of benzene rings is 1. The number of rotatable bonds is 2. The third kappa shape index (κ3) is 1.22. The van der Waals surface area contributed by atoms with Crippen LogP contribution in [0.4, 0.5) is 0 Å². The standard InChI is InChI=1S/C10H12N2O/c11-4-7-2-1-3-9-10(7)8(6-13)5-12-9/h1-3,5,12-13H,4,6,11H2. The highest BCUT2D eigenvalue weighted by Crippen LogP contribution is 2.22. The van der Waals surface area contributed by atoms with E-state index in [1.807, 2.05) is 24.4 Å². The lowest BCUT2D eigenvalue weighted by atomic mass is 10.1. The van der Waals surface area contributed by atoms with Gasteiger partial charge in [-0.1, -0.05) is 12.1 Å². The molecule has 1 aromatic heterocycles. The average Bonchev–Trinajstić information content (AvgIpc) is 2.60. The number of hydrogen-bond acceptors (Lipinski definition) is 2. The van der Waals surface area contributed by atoms with Crippen molar-refractivity contribution in [2.75, 3.05) is 0 Å². The van der Waals surface area contributed by atoms with Crippen molar-refractivity contribution in [2.24, 2.45) is 5.73 Å². The van der Waals surface area contributed by atoms with Crippen LogP contribution in [0.5, 0.6) is 0 Å². The van der Waals surface area contributed by atoms with Crippen molar-refractivity contribution in [2.45, 2.75) is 13.2 Å². The third-order valence-electron chi connectivity index (χ3n) is 2.26. The molecule has 2 aromatic rings. The summed E-state index contributed by atoms with van der Waals surface area (Å²) in [6.07, 6.45) is 1.82. The molecule has 3 nitrogen and oxygen atoms in total. The van der Waals surface area contributed by atoms with E-state index in [4.69, 9.17) is 10.8 Å². The molecule has 1 aromatic carbocycles. The summed E-state index contributed by atoms with van der Waals surface area (Å²) in [6, 6.07) is 5.92. The first-order valence-electron chi connectivity index (χ1n) is 4.25. The molecule has 3 heteroatoms. The molecule has 0 saturated carbocycles. The maximum atomic E-state index is 9.08. The molecule has 1 heterocycles. The fourth-order valence-corrected chi connectivity index (χ4v) is 1.63. The molecule has 0 unspecified atom stereocenters. The molecule has 0 bridgehead atoms. The second-order valence-electron chi connectivity index (χ2n) is 3.02. The van der Waals surface area contributed by atoms with Crippen LogP contribution in [0, 0.1) is 0 Å². The number of aromatic nitrogens is 1. The Morgan fingerprint density at radius 1 is 1.31 bits per heavy atom. The molecule has 0 fully saturated rings.